The van der Waals surface area contributed by atoms with Gasteiger partial charge < -0.3 is 11.1 Å². The van der Waals surface area contributed by atoms with Gasteiger partial charge in [0.1, 0.15) is 5.54 Å². The maximum atomic E-state index is 12.6. The van der Waals surface area contributed by atoms with Gasteiger partial charge in [0.05, 0.1) is 0 Å². The van der Waals surface area contributed by atoms with Crippen molar-refractivity contribution in [3.8, 4) is 0 Å². The maximum Gasteiger partial charge on any atom is 0.244 e. The Kier molecular flexibility index (Phi) is 5.21. The van der Waals surface area contributed by atoms with Crippen LogP contribution in [0.1, 0.15) is 30.5 Å². The van der Waals surface area contributed by atoms with Crippen molar-refractivity contribution in [2.75, 3.05) is 13.1 Å². The lowest BCUT2D eigenvalue weighted by Crippen LogP contribution is -2.52. The van der Waals surface area contributed by atoms with Crippen molar-refractivity contribution < 1.29 is 4.79 Å². The molecule has 0 radical (unpaired) electrons. The molecule has 0 saturated carbocycles. The molecular formula is C21H27N3O. The molecule has 2 atom stereocenters. The number of nitrogens with zero attached hydrogens (tertiary/aromatic N) is 1. The van der Waals surface area contributed by atoms with E-state index in [1.54, 1.807) is 6.92 Å². The highest BCUT2D eigenvalue weighted by atomic mass is 16.2. The molecule has 4 nitrogen and oxygen atoms in total. The molecule has 0 spiro atoms. The quantitative estimate of drug-likeness (QED) is 0.881. The van der Waals surface area contributed by atoms with Gasteiger partial charge in [0.25, 0.3) is 0 Å². The van der Waals surface area contributed by atoms with Crippen LogP contribution in [0.15, 0.2) is 54.6 Å². The summed E-state index contributed by atoms with van der Waals surface area (Å²) < 4.78 is 0. The third kappa shape index (κ3) is 3.91. The lowest BCUT2D eigenvalue weighted by Gasteiger charge is -2.34. The predicted octanol–water partition coefficient (Wildman–Crippen LogP) is 2.42. The Labute approximate surface area is 150 Å². The molecule has 25 heavy (non-hydrogen) atoms. The number of hydrogen-bond donors (Lipinski definition) is 2. The SMILES string of the molecule is CC(CNC(=O)C(C)(N)c1ccccc1)N1CCc2ccccc2C1. The largest absolute Gasteiger partial charge is 0.353 e. The molecule has 1 amide bonds. The molecular weight excluding hydrogens is 310 g/mol. The van der Waals surface area contributed by atoms with Crippen molar-refractivity contribution in [1.82, 2.24) is 10.2 Å². The van der Waals surface area contributed by atoms with Gasteiger partial charge in [0.2, 0.25) is 5.91 Å². The molecule has 1 aliphatic heterocycles. The molecule has 4 heteroatoms. The normalized spacial score (nSPS) is 18.0. The summed E-state index contributed by atoms with van der Waals surface area (Å²) in [6.07, 6.45) is 1.06. The van der Waals surface area contributed by atoms with E-state index >= 15 is 0 Å². The maximum absolute atomic E-state index is 12.6. The van der Waals surface area contributed by atoms with Crippen molar-refractivity contribution in [3.05, 3.63) is 71.3 Å². The number of nitrogens with one attached hydrogen (secondary N) is 1. The lowest BCUT2D eigenvalue weighted by atomic mass is 9.92. The number of rotatable bonds is 5. The summed E-state index contributed by atoms with van der Waals surface area (Å²) in [6, 6.07) is 18.4. The molecule has 132 valence electrons. The van der Waals surface area contributed by atoms with Crippen LogP contribution in [0.4, 0.5) is 0 Å². The van der Waals surface area contributed by atoms with Gasteiger partial charge in [-0.1, -0.05) is 54.6 Å². The highest BCUT2D eigenvalue weighted by molar-refractivity contribution is 5.87. The molecule has 3 rings (SSSR count). The zero-order valence-corrected chi connectivity index (χ0v) is 15.0. The summed E-state index contributed by atoms with van der Waals surface area (Å²) in [5, 5.41) is 3.04. The predicted molar refractivity (Wildman–Crippen MR) is 101 cm³/mol. The number of carbonyl (C=O) groups is 1. The summed E-state index contributed by atoms with van der Waals surface area (Å²) in [7, 11) is 0. The summed E-state index contributed by atoms with van der Waals surface area (Å²) >= 11 is 0. The smallest absolute Gasteiger partial charge is 0.244 e. The van der Waals surface area contributed by atoms with E-state index in [0.29, 0.717) is 6.54 Å². The number of hydrogen-bond acceptors (Lipinski definition) is 3. The molecule has 1 aliphatic rings. The number of carbonyl (C=O) groups excluding carboxylic acids is 1. The third-order valence-corrected chi connectivity index (χ3v) is 5.19. The van der Waals surface area contributed by atoms with Gasteiger partial charge in [0.15, 0.2) is 0 Å². The van der Waals surface area contributed by atoms with Crippen LogP contribution in [0.2, 0.25) is 0 Å². The van der Waals surface area contributed by atoms with E-state index in [-0.39, 0.29) is 11.9 Å². The monoisotopic (exact) mass is 337 g/mol. The fourth-order valence-electron chi connectivity index (χ4n) is 3.36. The van der Waals surface area contributed by atoms with Gasteiger partial charge in [-0.25, -0.2) is 0 Å². The molecule has 1 heterocycles. The topological polar surface area (TPSA) is 58.4 Å². The van der Waals surface area contributed by atoms with Crippen LogP contribution in [0.25, 0.3) is 0 Å². The minimum Gasteiger partial charge on any atom is -0.353 e. The van der Waals surface area contributed by atoms with Crippen molar-refractivity contribution in [2.24, 2.45) is 5.73 Å². The van der Waals surface area contributed by atoms with Gasteiger partial charge >= 0.3 is 0 Å². The van der Waals surface area contributed by atoms with E-state index < -0.39 is 5.54 Å². The van der Waals surface area contributed by atoms with E-state index in [2.05, 4.69) is 41.4 Å². The Morgan fingerprint density at radius 3 is 2.52 bits per heavy atom. The van der Waals surface area contributed by atoms with Crippen molar-refractivity contribution in [1.29, 1.82) is 0 Å². The Morgan fingerprint density at radius 1 is 1.16 bits per heavy atom. The van der Waals surface area contributed by atoms with Crippen molar-refractivity contribution >= 4 is 5.91 Å². The Hall–Kier alpha value is -2.17. The van der Waals surface area contributed by atoms with Crippen LogP contribution < -0.4 is 11.1 Å². The Bertz CT molecular complexity index is 727. The first-order valence-electron chi connectivity index (χ1n) is 8.92. The molecule has 0 aromatic heterocycles. The summed E-state index contributed by atoms with van der Waals surface area (Å²) in [4.78, 5) is 15.0. The second-order valence-electron chi connectivity index (χ2n) is 7.12. The highest BCUT2D eigenvalue weighted by Gasteiger charge is 2.31. The van der Waals surface area contributed by atoms with Crippen LogP contribution >= 0.6 is 0 Å². The molecule has 0 bridgehead atoms. The van der Waals surface area contributed by atoms with Crippen LogP contribution in [0, 0.1) is 0 Å². The fraction of sp³-hybridized carbons (Fsp3) is 0.381. The van der Waals surface area contributed by atoms with Crippen LogP contribution in [-0.4, -0.2) is 29.9 Å². The van der Waals surface area contributed by atoms with Gasteiger partial charge in [-0.15, -0.1) is 0 Å². The minimum absolute atomic E-state index is 0.136. The van der Waals surface area contributed by atoms with Crippen LogP contribution in [0.3, 0.4) is 0 Å². The second-order valence-corrected chi connectivity index (χ2v) is 7.12. The van der Waals surface area contributed by atoms with Gasteiger partial charge in [0, 0.05) is 25.7 Å². The summed E-state index contributed by atoms with van der Waals surface area (Å²) in [6.45, 7) is 6.48. The average Bonchev–Trinajstić information content (AvgIpc) is 2.66. The fourth-order valence-corrected chi connectivity index (χ4v) is 3.36. The molecule has 2 unspecified atom stereocenters. The van der Waals surface area contributed by atoms with E-state index in [9.17, 15) is 4.79 Å². The molecule has 0 fully saturated rings. The number of fused-ring (bicyclic) bond motifs is 1. The second kappa shape index (κ2) is 7.38. The molecule has 0 saturated heterocycles. The zero-order chi connectivity index (χ0) is 17.9. The third-order valence-electron chi connectivity index (χ3n) is 5.19. The van der Waals surface area contributed by atoms with Gasteiger partial charge in [-0.05, 0) is 37.0 Å². The molecule has 0 aliphatic carbocycles. The first kappa shape index (κ1) is 17.6. The summed E-state index contributed by atoms with van der Waals surface area (Å²) in [5.74, 6) is -0.136. The molecule has 3 N–H and O–H groups in total. The molecule has 2 aromatic carbocycles. The van der Waals surface area contributed by atoms with E-state index in [1.807, 2.05) is 30.3 Å². The number of benzene rings is 2. The van der Waals surface area contributed by atoms with Gasteiger partial charge in [-0.3, -0.25) is 9.69 Å². The van der Waals surface area contributed by atoms with Gasteiger partial charge in [-0.2, -0.15) is 0 Å². The van der Waals surface area contributed by atoms with Crippen molar-refractivity contribution in [2.45, 2.75) is 38.4 Å². The molecule has 2 aromatic rings. The van der Waals surface area contributed by atoms with Crippen molar-refractivity contribution in [3.63, 3.8) is 0 Å². The zero-order valence-electron chi connectivity index (χ0n) is 15.0. The first-order chi connectivity index (χ1) is 12.0. The number of amides is 1. The Balaban J connectivity index is 1.57. The van der Waals surface area contributed by atoms with Crippen LogP contribution in [-0.2, 0) is 23.3 Å². The van der Waals surface area contributed by atoms with E-state index in [0.717, 1.165) is 25.1 Å². The standard InChI is InChI=1S/C21H27N3O/c1-16(24-13-12-17-8-6-7-9-18(17)15-24)14-23-20(25)21(2,22)19-10-4-3-5-11-19/h3-11,16H,12-15,22H2,1-2H3,(H,23,25). The lowest BCUT2D eigenvalue weighted by molar-refractivity contribution is -0.126. The highest BCUT2D eigenvalue weighted by Crippen LogP contribution is 2.21. The van der Waals surface area contributed by atoms with E-state index in [1.165, 1.54) is 11.1 Å². The first-order valence-corrected chi connectivity index (χ1v) is 8.92. The number of nitrogens with two attached hydrogens (primary N) is 1. The average molecular weight is 337 g/mol. The summed E-state index contributed by atoms with van der Waals surface area (Å²) in [5.41, 5.74) is 8.92. The van der Waals surface area contributed by atoms with E-state index in [4.69, 9.17) is 5.73 Å². The minimum atomic E-state index is -1.02. The van der Waals surface area contributed by atoms with Crippen LogP contribution in [0.5, 0.6) is 0 Å². The Morgan fingerprint density at radius 2 is 1.80 bits per heavy atom.